The summed E-state index contributed by atoms with van der Waals surface area (Å²) in [5.74, 6) is -0.575. The second-order valence-electron chi connectivity index (χ2n) is 7.52. The van der Waals surface area contributed by atoms with Crippen molar-refractivity contribution in [1.82, 2.24) is 5.32 Å². The Morgan fingerprint density at radius 2 is 1.97 bits per heavy atom. The van der Waals surface area contributed by atoms with Crippen LogP contribution in [0.2, 0.25) is 0 Å². The molecule has 4 N–H and O–H groups in total. The van der Waals surface area contributed by atoms with Crippen LogP contribution in [0.25, 0.3) is 0 Å². The molecule has 7 heteroatoms. The van der Waals surface area contributed by atoms with Crippen LogP contribution in [-0.2, 0) is 11.2 Å². The predicted molar refractivity (Wildman–Crippen MR) is 111 cm³/mol. The Labute approximate surface area is 175 Å². The second-order valence-corrected chi connectivity index (χ2v) is 7.52. The fourth-order valence-electron chi connectivity index (χ4n) is 3.83. The molecule has 30 heavy (non-hydrogen) atoms. The normalized spacial score (nSPS) is 19.9. The maximum absolute atomic E-state index is 13.4. The van der Waals surface area contributed by atoms with Gasteiger partial charge >= 0.3 is 0 Å². The molecule has 0 saturated carbocycles. The summed E-state index contributed by atoms with van der Waals surface area (Å²) in [6.07, 6.45) is 1.61. The molecular formula is C23H28F2N2O3. The van der Waals surface area contributed by atoms with E-state index in [1.54, 1.807) is 13.2 Å². The minimum Gasteiger partial charge on any atom is -0.497 e. The molecule has 2 aromatic rings. The van der Waals surface area contributed by atoms with E-state index in [0.717, 1.165) is 22.9 Å². The van der Waals surface area contributed by atoms with Crippen LogP contribution >= 0.6 is 0 Å². The Bertz CT molecular complexity index is 857. The number of benzene rings is 2. The highest BCUT2D eigenvalue weighted by molar-refractivity contribution is 5.42. The standard InChI is InChI=1S/C23H28F2N2O3/c1-3-6-30-23-12-21(19-11-17(29-2)4-5-18(19)23)27-13-22(28)20(26)9-14-7-15(24)10-16(25)8-14/h3-5,7-8,10-11,20-23,27-28H,1,6,9,12-13,26H2,2H3/t20-,21-,22+,23-/m0/s1. The topological polar surface area (TPSA) is 76.7 Å². The SMILES string of the molecule is C=CCO[C@H]1C[C@H](NC[C@@H](O)[C@@H](N)Cc2cc(F)cc(F)c2)c2cc(OC)ccc21. The van der Waals surface area contributed by atoms with Crippen LogP contribution in [0.1, 0.15) is 35.3 Å². The van der Waals surface area contributed by atoms with Gasteiger partial charge in [-0.1, -0.05) is 12.1 Å². The van der Waals surface area contributed by atoms with Gasteiger partial charge in [0.2, 0.25) is 0 Å². The molecular weight excluding hydrogens is 390 g/mol. The van der Waals surface area contributed by atoms with Crippen LogP contribution in [0.15, 0.2) is 49.1 Å². The second kappa shape index (κ2) is 10.1. The van der Waals surface area contributed by atoms with Gasteiger partial charge in [-0.2, -0.15) is 0 Å². The molecule has 0 saturated heterocycles. The molecule has 162 valence electrons. The van der Waals surface area contributed by atoms with Crippen molar-refractivity contribution in [1.29, 1.82) is 0 Å². The van der Waals surface area contributed by atoms with Crippen LogP contribution < -0.4 is 15.8 Å². The number of nitrogens with one attached hydrogen (secondary N) is 1. The molecule has 0 aliphatic heterocycles. The van der Waals surface area contributed by atoms with Crippen LogP contribution in [0.5, 0.6) is 5.75 Å². The largest absolute Gasteiger partial charge is 0.497 e. The summed E-state index contributed by atoms with van der Waals surface area (Å²) in [7, 11) is 1.61. The summed E-state index contributed by atoms with van der Waals surface area (Å²) in [6, 6.07) is 8.40. The van der Waals surface area contributed by atoms with E-state index in [2.05, 4.69) is 11.9 Å². The highest BCUT2D eigenvalue weighted by Gasteiger charge is 2.32. The number of fused-ring (bicyclic) bond motifs is 1. The van der Waals surface area contributed by atoms with Crippen LogP contribution in [0, 0.1) is 11.6 Å². The van der Waals surface area contributed by atoms with E-state index < -0.39 is 23.8 Å². The van der Waals surface area contributed by atoms with Gasteiger partial charge in [-0.25, -0.2) is 8.78 Å². The third-order valence-electron chi connectivity index (χ3n) is 5.34. The van der Waals surface area contributed by atoms with Gasteiger partial charge < -0.3 is 25.6 Å². The van der Waals surface area contributed by atoms with Crippen molar-refractivity contribution in [3.05, 3.63) is 77.4 Å². The van der Waals surface area contributed by atoms with Crippen LogP contribution in [-0.4, -0.2) is 37.5 Å². The molecule has 0 radical (unpaired) electrons. The molecule has 4 atom stereocenters. The van der Waals surface area contributed by atoms with Crippen LogP contribution in [0.3, 0.4) is 0 Å². The van der Waals surface area contributed by atoms with Crippen molar-refractivity contribution >= 4 is 0 Å². The molecule has 3 rings (SSSR count). The monoisotopic (exact) mass is 418 g/mol. The Morgan fingerprint density at radius 1 is 1.23 bits per heavy atom. The van der Waals surface area contributed by atoms with E-state index >= 15 is 0 Å². The van der Waals surface area contributed by atoms with Gasteiger partial charge in [0.05, 0.1) is 25.9 Å². The quantitative estimate of drug-likeness (QED) is 0.517. The maximum Gasteiger partial charge on any atom is 0.126 e. The number of hydrogen-bond donors (Lipinski definition) is 3. The number of hydrogen-bond acceptors (Lipinski definition) is 5. The third kappa shape index (κ3) is 5.43. The highest BCUT2D eigenvalue weighted by atomic mass is 19.1. The van der Waals surface area contributed by atoms with E-state index in [0.29, 0.717) is 18.6 Å². The van der Waals surface area contributed by atoms with E-state index in [-0.39, 0.29) is 25.1 Å². The lowest BCUT2D eigenvalue weighted by Gasteiger charge is -2.22. The lowest BCUT2D eigenvalue weighted by atomic mass is 10.0. The van der Waals surface area contributed by atoms with E-state index in [9.17, 15) is 13.9 Å². The number of aliphatic hydroxyl groups excluding tert-OH is 1. The molecule has 0 aromatic heterocycles. The van der Waals surface area contributed by atoms with Gasteiger partial charge in [0.25, 0.3) is 0 Å². The summed E-state index contributed by atoms with van der Waals surface area (Å²) in [5.41, 5.74) is 8.61. The first-order chi connectivity index (χ1) is 14.4. The first-order valence-corrected chi connectivity index (χ1v) is 9.93. The van der Waals surface area contributed by atoms with Gasteiger partial charge in [-0.05, 0) is 53.8 Å². The number of nitrogens with two attached hydrogens (primary N) is 1. The Balaban J connectivity index is 1.63. The predicted octanol–water partition coefficient (Wildman–Crippen LogP) is 3.18. The summed E-state index contributed by atoms with van der Waals surface area (Å²) in [4.78, 5) is 0. The van der Waals surface area contributed by atoms with Crippen molar-refractivity contribution in [2.45, 2.75) is 37.1 Å². The Hall–Kier alpha value is -2.32. The van der Waals surface area contributed by atoms with E-state index in [4.69, 9.17) is 15.2 Å². The lowest BCUT2D eigenvalue weighted by molar-refractivity contribution is 0.0678. The van der Waals surface area contributed by atoms with Crippen molar-refractivity contribution in [3.8, 4) is 5.75 Å². The number of methoxy groups -OCH3 is 1. The van der Waals surface area contributed by atoms with Gasteiger partial charge in [-0.15, -0.1) is 6.58 Å². The minimum absolute atomic E-state index is 0.0432. The smallest absolute Gasteiger partial charge is 0.126 e. The summed E-state index contributed by atoms with van der Waals surface area (Å²) < 4.78 is 38.0. The molecule has 0 unspecified atom stereocenters. The summed E-state index contributed by atoms with van der Waals surface area (Å²) >= 11 is 0. The zero-order valence-corrected chi connectivity index (χ0v) is 17.0. The minimum atomic E-state index is -0.890. The molecule has 2 aromatic carbocycles. The molecule has 5 nitrogen and oxygen atoms in total. The molecule has 0 heterocycles. The number of halogens is 2. The van der Waals surface area contributed by atoms with Gasteiger partial charge in [0, 0.05) is 24.7 Å². The maximum atomic E-state index is 13.4. The molecule has 0 bridgehead atoms. The fourth-order valence-corrected chi connectivity index (χ4v) is 3.83. The first kappa shape index (κ1) is 22.4. The molecule has 1 aliphatic rings. The average molecular weight is 418 g/mol. The van der Waals surface area contributed by atoms with Gasteiger partial charge in [-0.3, -0.25) is 0 Å². The van der Waals surface area contributed by atoms with Crippen molar-refractivity contribution in [2.24, 2.45) is 5.73 Å². The van der Waals surface area contributed by atoms with Crippen LogP contribution in [0.4, 0.5) is 8.78 Å². The third-order valence-corrected chi connectivity index (χ3v) is 5.34. The van der Waals surface area contributed by atoms with E-state index in [1.165, 1.54) is 12.1 Å². The lowest BCUT2D eigenvalue weighted by Crippen LogP contribution is -2.43. The zero-order valence-electron chi connectivity index (χ0n) is 17.0. The summed E-state index contributed by atoms with van der Waals surface area (Å²) in [5, 5.41) is 13.8. The van der Waals surface area contributed by atoms with Crippen molar-refractivity contribution in [2.75, 3.05) is 20.3 Å². The molecule has 0 amide bonds. The zero-order chi connectivity index (χ0) is 21.7. The fraction of sp³-hybridized carbons (Fsp3) is 0.391. The van der Waals surface area contributed by atoms with Crippen molar-refractivity contribution in [3.63, 3.8) is 0 Å². The van der Waals surface area contributed by atoms with Gasteiger partial charge in [0.15, 0.2) is 0 Å². The van der Waals surface area contributed by atoms with Gasteiger partial charge in [0.1, 0.15) is 17.4 Å². The number of ether oxygens (including phenoxy) is 2. The molecule has 1 aliphatic carbocycles. The summed E-state index contributed by atoms with van der Waals surface area (Å²) in [6.45, 7) is 4.37. The first-order valence-electron chi connectivity index (χ1n) is 9.93. The Morgan fingerprint density at radius 3 is 2.63 bits per heavy atom. The highest BCUT2D eigenvalue weighted by Crippen LogP contribution is 2.42. The van der Waals surface area contributed by atoms with Crippen molar-refractivity contribution < 1.29 is 23.4 Å². The van der Waals surface area contributed by atoms with E-state index in [1.807, 2.05) is 18.2 Å². The number of aliphatic hydroxyl groups is 1. The molecule has 0 fully saturated rings. The average Bonchev–Trinajstić information content (AvgIpc) is 3.06. The number of rotatable bonds is 10. The molecule has 0 spiro atoms. The Kier molecular flexibility index (Phi) is 7.55.